The molecule has 2 unspecified atom stereocenters. The van der Waals surface area contributed by atoms with Gasteiger partial charge in [0.1, 0.15) is 18.1 Å². The summed E-state index contributed by atoms with van der Waals surface area (Å²) in [5.74, 6) is -6.82. The third-order valence-electron chi connectivity index (χ3n) is 9.29. The molecule has 0 bridgehead atoms. The van der Waals surface area contributed by atoms with Crippen molar-refractivity contribution in [1.82, 2.24) is 14.7 Å². The quantitative estimate of drug-likeness (QED) is 0.278. The van der Waals surface area contributed by atoms with Crippen molar-refractivity contribution < 1.29 is 43.0 Å². The summed E-state index contributed by atoms with van der Waals surface area (Å²) in [6.07, 6.45) is -2.82. The van der Waals surface area contributed by atoms with Gasteiger partial charge >= 0.3 is 17.9 Å². The molecule has 1 heterocycles. The lowest BCUT2D eigenvalue weighted by Gasteiger charge is -2.39. The number of carbonyl (C=O) groups excluding carboxylic acids is 6. The highest BCUT2D eigenvalue weighted by molar-refractivity contribution is 5.94. The Morgan fingerprint density at radius 2 is 0.681 bits per heavy atom. The predicted octanol–water partition coefficient (Wildman–Crippen LogP) is 3.93. The molecule has 0 N–H and O–H groups in total. The van der Waals surface area contributed by atoms with E-state index < -0.39 is 95.7 Å². The van der Waals surface area contributed by atoms with Gasteiger partial charge in [-0.1, -0.05) is 95.9 Å². The van der Waals surface area contributed by atoms with Crippen molar-refractivity contribution in [2.75, 3.05) is 21.1 Å². The molecular weight excluding hydrogens is 606 g/mol. The molecule has 0 radical (unpaired) electrons. The second kappa shape index (κ2) is 17.8. The molecule has 0 aliphatic carbocycles. The Hall–Kier alpha value is -3.18. The van der Waals surface area contributed by atoms with Crippen molar-refractivity contribution in [3.8, 4) is 0 Å². The maximum atomic E-state index is 14.0. The smallest absolute Gasteiger partial charge is 0.329 e. The molecule has 0 aromatic carbocycles. The summed E-state index contributed by atoms with van der Waals surface area (Å²) in [5, 5.41) is 0. The first kappa shape index (κ1) is 41.8. The number of hydrogen-bond donors (Lipinski definition) is 0. The number of hydrogen-bond acceptors (Lipinski definition) is 9. The SMILES string of the molecule is CCC(C)[C@H]1C(=O)O[C@H](C(C)C)C(=O)N(C)[C@@H](C(C)CC)C(=O)O[C@H](C(C)C)C(=O)N(C)[C@@H](C(C)C)C(=O)O[C@H](C(C)C)C(=O)N1C. The molecule has 0 aromatic rings. The Morgan fingerprint density at radius 3 is 0.894 bits per heavy atom. The highest BCUT2D eigenvalue weighted by Gasteiger charge is 2.45. The van der Waals surface area contributed by atoms with Gasteiger partial charge in [0.15, 0.2) is 18.3 Å². The van der Waals surface area contributed by atoms with Gasteiger partial charge in [-0.05, 0) is 35.5 Å². The fraction of sp³-hybridized carbons (Fsp3) is 0.829. The van der Waals surface area contributed by atoms with E-state index in [1.165, 1.54) is 35.8 Å². The summed E-state index contributed by atoms with van der Waals surface area (Å²) in [4.78, 5) is 87.3. The van der Waals surface area contributed by atoms with Crippen molar-refractivity contribution in [2.45, 2.75) is 132 Å². The van der Waals surface area contributed by atoms with Crippen LogP contribution < -0.4 is 0 Å². The lowest BCUT2D eigenvalue weighted by molar-refractivity contribution is -0.182. The fourth-order valence-electron chi connectivity index (χ4n) is 5.88. The molecule has 8 atom stereocenters. The van der Waals surface area contributed by atoms with Gasteiger partial charge in [0.05, 0.1) is 0 Å². The molecular formula is C35H61N3O9. The summed E-state index contributed by atoms with van der Waals surface area (Å²) in [5.41, 5.74) is 0. The van der Waals surface area contributed by atoms with Crippen LogP contribution in [0.1, 0.15) is 95.9 Å². The number of carbonyl (C=O) groups is 6. The maximum absolute atomic E-state index is 14.0. The van der Waals surface area contributed by atoms with E-state index in [1.807, 2.05) is 13.8 Å². The van der Waals surface area contributed by atoms with Crippen LogP contribution in [0.25, 0.3) is 0 Å². The Balaban J connectivity index is 4.00. The second-order valence-electron chi connectivity index (χ2n) is 14.5. The Kier molecular flexibility index (Phi) is 15.9. The molecule has 3 amide bonds. The summed E-state index contributed by atoms with van der Waals surface area (Å²) >= 11 is 0. The summed E-state index contributed by atoms with van der Waals surface area (Å²) < 4.78 is 17.6. The van der Waals surface area contributed by atoms with E-state index in [0.29, 0.717) is 12.8 Å². The number of ether oxygens (including phenoxy) is 3. The van der Waals surface area contributed by atoms with E-state index in [-0.39, 0.29) is 11.8 Å². The number of nitrogens with zero attached hydrogens (tertiary/aromatic N) is 3. The molecule has 0 aromatic heterocycles. The van der Waals surface area contributed by atoms with Crippen LogP contribution in [0.3, 0.4) is 0 Å². The van der Waals surface area contributed by atoms with E-state index in [9.17, 15) is 28.8 Å². The lowest BCUT2D eigenvalue weighted by Crippen LogP contribution is -2.58. The van der Waals surface area contributed by atoms with Gasteiger partial charge in [0.2, 0.25) is 0 Å². The van der Waals surface area contributed by atoms with Crippen LogP contribution in [-0.2, 0) is 43.0 Å². The van der Waals surface area contributed by atoms with Crippen molar-refractivity contribution in [3.63, 3.8) is 0 Å². The molecule has 1 aliphatic heterocycles. The van der Waals surface area contributed by atoms with Crippen molar-refractivity contribution in [2.24, 2.45) is 35.5 Å². The summed E-state index contributed by atoms with van der Waals surface area (Å²) in [6, 6.07) is -3.31. The number of esters is 3. The van der Waals surface area contributed by atoms with E-state index >= 15 is 0 Å². The van der Waals surface area contributed by atoms with Gasteiger partial charge in [0.25, 0.3) is 17.7 Å². The lowest BCUT2D eigenvalue weighted by atomic mass is 9.94. The zero-order valence-electron chi connectivity index (χ0n) is 31.4. The van der Waals surface area contributed by atoms with E-state index in [0.717, 1.165) is 0 Å². The van der Waals surface area contributed by atoms with Gasteiger partial charge in [-0.25, -0.2) is 14.4 Å². The van der Waals surface area contributed by atoms with Crippen LogP contribution in [0.5, 0.6) is 0 Å². The molecule has 270 valence electrons. The van der Waals surface area contributed by atoms with Crippen molar-refractivity contribution >= 4 is 35.6 Å². The topological polar surface area (TPSA) is 140 Å². The highest BCUT2D eigenvalue weighted by atomic mass is 16.6. The second-order valence-corrected chi connectivity index (χ2v) is 14.5. The third-order valence-corrected chi connectivity index (χ3v) is 9.29. The first-order valence-electron chi connectivity index (χ1n) is 17.1. The van der Waals surface area contributed by atoms with Gasteiger partial charge in [-0.2, -0.15) is 0 Å². The number of amides is 3. The minimum absolute atomic E-state index is 0.380. The van der Waals surface area contributed by atoms with Crippen LogP contribution in [0.4, 0.5) is 0 Å². The van der Waals surface area contributed by atoms with Gasteiger partial charge in [-0.3, -0.25) is 14.4 Å². The van der Waals surface area contributed by atoms with Crippen LogP contribution in [-0.4, -0.2) is 108 Å². The normalized spacial score (nSPS) is 28.0. The number of rotatable bonds is 8. The van der Waals surface area contributed by atoms with Crippen molar-refractivity contribution in [1.29, 1.82) is 0 Å². The van der Waals surface area contributed by atoms with Gasteiger partial charge in [0, 0.05) is 21.1 Å². The average Bonchev–Trinajstić information content (AvgIpc) is 2.98. The standard InChI is InChI=1S/C35H61N3O9/c1-16-22(11)25-34(43)46-27(19(5)6)30(39)36(13)24(18(3)4)33(42)45-28(20(7)8)31(40)37(14)26(23(12)17-2)35(44)47-29(21(9)10)32(41)38(25)15/h18-29H,16-17H2,1-15H3/t22?,23?,24-,25-,26-,27+,28+,29+/m0/s1. The first-order valence-corrected chi connectivity index (χ1v) is 17.1. The molecule has 1 fully saturated rings. The molecule has 12 heteroatoms. The molecule has 1 saturated heterocycles. The Bertz CT molecular complexity index is 1110. The minimum Gasteiger partial charge on any atom is -0.450 e. The summed E-state index contributed by atoms with van der Waals surface area (Å²) in [6.45, 7) is 21.1. The van der Waals surface area contributed by atoms with E-state index in [2.05, 4.69) is 0 Å². The van der Waals surface area contributed by atoms with Crippen LogP contribution in [0, 0.1) is 35.5 Å². The predicted molar refractivity (Wildman–Crippen MR) is 178 cm³/mol. The highest BCUT2D eigenvalue weighted by Crippen LogP contribution is 2.26. The monoisotopic (exact) mass is 667 g/mol. The minimum atomic E-state index is -1.28. The van der Waals surface area contributed by atoms with Crippen molar-refractivity contribution in [3.05, 3.63) is 0 Å². The molecule has 12 nitrogen and oxygen atoms in total. The number of cyclic esters (lactones) is 3. The summed E-state index contributed by atoms with van der Waals surface area (Å²) in [7, 11) is 4.36. The third kappa shape index (κ3) is 9.92. The fourth-order valence-corrected chi connectivity index (χ4v) is 5.88. The van der Waals surface area contributed by atoms with Gasteiger partial charge in [-0.15, -0.1) is 0 Å². The average molecular weight is 668 g/mol. The zero-order chi connectivity index (χ0) is 36.7. The molecule has 0 saturated carbocycles. The van der Waals surface area contributed by atoms with Crippen LogP contribution in [0.2, 0.25) is 0 Å². The maximum Gasteiger partial charge on any atom is 0.329 e. The Morgan fingerprint density at radius 1 is 0.447 bits per heavy atom. The molecule has 1 aliphatic rings. The molecule has 0 spiro atoms. The van der Waals surface area contributed by atoms with Crippen LogP contribution in [0.15, 0.2) is 0 Å². The van der Waals surface area contributed by atoms with Gasteiger partial charge < -0.3 is 28.9 Å². The first-order chi connectivity index (χ1) is 21.6. The Labute approximate surface area is 282 Å². The van der Waals surface area contributed by atoms with Crippen LogP contribution >= 0.6 is 0 Å². The largest absolute Gasteiger partial charge is 0.450 e. The zero-order valence-corrected chi connectivity index (χ0v) is 31.4. The number of likely N-dealkylation sites (N-methyl/N-ethyl adjacent to an activating group) is 3. The molecule has 1 rings (SSSR count). The van der Waals surface area contributed by atoms with E-state index in [4.69, 9.17) is 14.2 Å². The van der Waals surface area contributed by atoms with E-state index in [1.54, 1.807) is 69.2 Å². The molecule has 47 heavy (non-hydrogen) atoms.